The van der Waals surface area contributed by atoms with Gasteiger partial charge in [-0.15, -0.1) is 0 Å². The fraction of sp³-hybridized carbons (Fsp3) is 0.231. The number of benzene rings is 2. The number of aromatic amines is 1. The van der Waals surface area contributed by atoms with Crippen molar-refractivity contribution in [3.05, 3.63) is 89.1 Å². The number of sulfonamides is 1. The van der Waals surface area contributed by atoms with Gasteiger partial charge in [-0.25, -0.2) is 22.5 Å². The maximum atomic E-state index is 14.0. The number of hydrogen-bond acceptors (Lipinski definition) is 5. The summed E-state index contributed by atoms with van der Waals surface area (Å²) in [5.41, 5.74) is 3.29. The number of methoxy groups -OCH3 is 1. The van der Waals surface area contributed by atoms with Crippen molar-refractivity contribution in [1.29, 1.82) is 0 Å². The van der Waals surface area contributed by atoms with Gasteiger partial charge in [0.1, 0.15) is 22.2 Å². The Hall–Kier alpha value is -3.72. The fourth-order valence-electron chi connectivity index (χ4n) is 3.96. The van der Waals surface area contributed by atoms with Crippen molar-refractivity contribution in [2.45, 2.75) is 37.5 Å². The van der Waals surface area contributed by atoms with Gasteiger partial charge in [0.05, 0.1) is 7.11 Å². The van der Waals surface area contributed by atoms with Gasteiger partial charge in [0.2, 0.25) is 0 Å². The second kappa shape index (κ2) is 9.14. The second-order valence-electron chi connectivity index (χ2n) is 9.20. The highest BCUT2D eigenvalue weighted by Gasteiger charge is 2.25. The molecule has 4 rings (SSSR count). The maximum Gasteiger partial charge on any atom is 0.283 e. The molecule has 35 heavy (non-hydrogen) atoms. The van der Waals surface area contributed by atoms with Crippen molar-refractivity contribution >= 4 is 26.8 Å². The van der Waals surface area contributed by atoms with Crippen molar-refractivity contribution in [1.82, 2.24) is 14.7 Å². The van der Waals surface area contributed by atoms with E-state index < -0.39 is 26.6 Å². The quantitative estimate of drug-likeness (QED) is 0.403. The Morgan fingerprint density at radius 3 is 2.51 bits per heavy atom. The van der Waals surface area contributed by atoms with Gasteiger partial charge in [0, 0.05) is 40.2 Å². The molecule has 0 radical (unpaired) electrons. The van der Waals surface area contributed by atoms with Crippen LogP contribution >= 0.6 is 0 Å². The third-order valence-corrected chi connectivity index (χ3v) is 6.98. The first kappa shape index (κ1) is 24.4. The van der Waals surface area contributed by atoms with E-state index in [1.807, 2.05) is 22.9 Å². The Labute approximate surface area is 203 Å². The summed E-state index contributed by atoms with van der Waals surface area (Å²) in [4.78, 5) is 20.0. The van der Waals surface area contributed by atoms with Gasteiger partial charge in [0.25, 0.3) is 15.9 Å². The van der Waals surface area contributed by atoms with Crippen molar-refractivity contribution in [2.75, 3.05) is 7.11 Å². The zero-order chi connectivity index (χ0) is 25.4. The Morgan fingerprint density at radius 2 is 1.83 bits per heavy atom. The standard InChI is InChI=1S/C26H26FN3O4S/c1-26(2,3)24-19(18-13-12-17(34-4)15-22(18)29-24)14-16-8-7-10-21(28-16)25(31)30-35(32,33)23-11-6-5-9-20(23)27/h5-13,15,29H,14H2,1-4H3,(H,30,31). The minimum absolute atomic E-state index is 0.0822. The normalized spacial score (nSPS) is 12.0. The molecular weight excluding hydrogens is 469 g/mol. The van der Waals surface area contributed by atoms with E-state index in [1.165, 1.54) is 18.2 Å². The minimum Gasteiger partial charge on any atom is -0.497 e. The second-order valence-corrected chi connectivity index (χ2v) is 10.8. The van der Waals surface area contributed by atoms with Crippen LogP contribution in [0.4, 0.5) is 4.39 Å². The van der Waals surface area contributed by atoms with Crippen LogP contribution in [0.1, 0.15) is 48.2 Å². The number of carbonyl (C=O) groups excluding carboxylic acids is 1. The molecule has 0 fully saturated rings. The lowest BCUT2D eigenvalue weighted by Crippen LogP contribution is -2.32. The zero-order valence-electron chi connectivity index (χ0n) is 19.8. The molecule has 0 aliphatic rings. The van der Waals surface area contributed by atoms with E-state index in [1.54, 1.807) is 19.2 Å². The molecular formula is C26H26FN3O4S. The number of nitrogens with zero attached hydrogens (tertiary/aromatic N) is 1. The van der Waals surface area contributed by atoms with Crippen LogP contribution in [0, 0.1) is 5.82 Å². The smallest absolute Gasteiger partial charge is 0.283 e. The van der Waals surface area contributed by atoms with Gasteiger partial charge in [-0.2, -0.15) is 0 Å². The number of H-pyrrole nitrogens is 1. The lowest BCUT2D eigenvalue weighted by atomic mass is 9.87. The summed E-state index contributed by atoms with van der Waals surface area (Å²) in [6, 6.07) is 15.5. The molecule has 4 aromatic rings. The van der Waals surface area contributed by atoms with E-state index in [0.29, 0.717) is 12.1 Å². The van der Waals surface area contributed by atoms with E-state index in [-0.39, 0.29) is 11.1 Å². The molecule has 2 heterocycles. The van der Waals surface area contributed by atoms with E-state index in [2.05, 4.69) is 30.7 Å². The molecule has 2 aromatic carbocycles. The van der Waals surface area contributed by atoms with E-state index in [9.17, 15) is 17.6 Å². The summed E-state index contributed by atoms with van der Waals surface area (Å²) >= 11 is 0. The van der Waals surface area contributed by atoms with Crippen LogP contribution in [0.2, 0.25) is 0 Å². The molecule has 0 aliphatic heterocycles. The Balaban J connectivity index is 1.66. The predicted molar refractivity (Wildman–Crippen MR) is 132 cm³/mol. The summed E-state index contributed by atoms with van der Waals surface area (Å²) in [6.45, 7) is 6.30. The SMILES string of the molecule is COc1ccc2c(Cc3cccc(C(=O)NS(=O)(=O)c4ccccc4F)n3)c(C(C)(C)C)[nH]c2c1. The lowest BCUT2D eigenvalue weighted by Gasteiger charge is -2.19. The number of nitrogens with one attached hydrogen (secondary N) is 2. The molecule has 2 N–H and O–H groups in total. The molecule has 182 valence electrons. The van der Waals surface area contributed by atoms with Crippen molar-refractivity contribution < 1.29 is 22.3 Å². The molecule has 0 atom stereocenters. The number of hydrogen-bond donors (Lipinski definition) is 2. The highest BCUT2D eigenvalue weighted by Crippen LogP contribution is 2.34. The first-order valence-corrected chi connectivity index (χ1v) is 12.4. The van der Waals surface area contributed by atoms with Crippen molar-refractivity contribution in [3.8, 4) is 5.75 Å². The number of rotatable bonds is 6. The molecule has 0 unspecified atom stereocenters. The first-order valence-electron chi connectivity index (χ1n) is 11.0. The molecule has 0 bridgehead atoms. The molecule has 0 spiro atoms. The Morgan fingerprint density at radius 1 is 1.09 bits per heavy atom. The number of halogens is 1. The van der Waals surface area contributed by atoms with Crippen molar-refractivity contribution in [3.63, 3.8) is 0 Å². The number of fused-ring (bicyclic) bond motifs is 1. The van der Waals surface area contributed by atoms with Crippen LogP contribution < -0.4 is 9.46 Å². The van der Waals surface area contributed by atoms with E-state index >= 15 is 0 Å². The number of amides is 1. The van der Waals surface area contributed by atoms with Crippen molar-refractivity contribution in [2.24, 2.45) is 0 Å². The minimum atomic E-state index is -4.39. The summed E-state index contributed by atoms with van der Waals surface area (Å²) in [5.74, 6) is -1.14. The Bertz CT molecular complexity index is 1520. The Kier molecular flexibility index (Phi) is 6.38. The van der Waals surface area contributed by atoms with E-state index in [4.69, 9.17) is 4.74 Å². The predicted octanol–water partition coefficient (Wildman–Crippen LogP) is 4.72. The maximum absolute atomic E-state index is 14.0. The summed E-state index contributed by atoms with van der Waals surface area (Å²) in [6.07, 6.45) is 0.417. The topological polar surface area (TPSA) is 101 Å². The molecule has 9 heteroatoms. The van der Waals surface area contributed by atoms with Gasteiger partial charge in [0.15, 0.2) is 0 Å². The number of pyridine rings is 1. The van der Waals surface area contributed by atoms with Gasteiger partial charge in [-0.3, -0.25) is 4.79 Å². The van der Waals surface area contributed by atoms with Gasteiger partial charge >= 0.3 is 0 Å². The van der Waals surface area contributed by atoms with Crippen LogP contribution in [0.25, 0.3) is 10.9 Å². The van der Waals surface area contributed by atoms with E-state index in [0.717, 1.165) is 40.0 Å². The number of carbonyl (C=O) groups is 1. The summed E-state index contributed by atoms with van der Waals surface area (Å²) < 4.78 is 46.3. The fourth-order valence-corrected chi connectivity index (χ4v) is 5.00. The van der Waals surface area contributed by atoms with Gasteiger partial charge < -0.3 is 9.72 Å². The third kappa shape index (κ3) is 5.05. The third-order valence-electron chi connectivity index (χ3n) is 5.61. The van der Waals surface area contributed by atoms with Crippen LogP contribution in [0.5, 0.6) is 5.75 Å². The van der Waals surface area contributed by atoms with Crippen LogP contribution in [-0.2, 0) is 21.9 Å². The molecule has 7 nitrogen and oxygen atoms in total. The van der Waals surface area contributed by atoms with Gasteiger partial charge in [-0.1, -0.05) is 39.0 Å². The summed E-state index contributed by atoms with van der Waals surface area (Å²) in [7, 11) is -2.78. The largest absolute Gasteiger partial charge is 0.497 e. The average molecular weight is 496 g/mol. The van der Waals surface area contributed by atoms with Crippen LogP contribution in [0.15, 0.2) is 65.6 Å². The first-order chi connectivity index (χ1) is 16.5. The highest BCUT2D eigenvalue weighted by atomic mass is 32.2. The number of ether oxygens (including phenoxy) is 1. The number of aromatic nitrogens is 2. The lowest BCUT2D eigenvalue weighted by molar-refractivity contribution is 0.0976. The molecule has 0 aliphatic carbocycles. The zero-order valence-corrected chi connectivity index (χ0v) is 20.7. The molecule has 0 saturated carbocycles. The summed E-state index contributed by atoms with van der Waals surface area (Å²) in [5, 5.41) is 1.01. The monoisotopic (exact) mass is 495 g/mol. The van der Waals surface area contributed by atoms with Crippen LogP contribution in [-0.4, -0.2) is 31.4 Å². The van der Waals surface area contributed by atoms with Gasteiger partial charge in [-0.05, 0) is 42.0 Å². The average Bonchev–Trinajstić information content (AvgIpc) is 3.17. The molecule has 1 amide bonds. The highest BCUT2D eigenvalue weighted by molar-refractivity contribution is 7.90. The molecule has 0 saturated heterocycles. The van der Waals surface area contributed by atoms with Crippen LogP contribution in [0.3, 0.4) is 0 Å². The molecule has 2 aromatic heterocycles.